The summed E-state index contributed by atoms with van der Waals surface area (Å²) >= 11 is 0. The van der Waals surface area contributed by atoms with Crippen LogP contribution in [-0.4, -0.2) is 36.5 Å². The maximum atomic E-state index is 12.7. The first-order valence-corrected chi connectivity index (χ1v) is 13.3. The lowest BCUT2D eigenvalue weighted by Gasteiger charge is -2.33. The van der Waals surface area contributed by atoms with Gasteiger partial charge in [0.15, 0.2) is 0 Å². The number of likely N-dealkylation sites (tertiary alicyclic amines) is 1. The molecule has 3 aromatic rings. The molecule has 6 heteroatoms. The van der Waals surface area contributed by atoms with E-state index in [2.05, 4.69) is 45.1 Å². The Morgan fingerprint density at radius 2 is 1.49 bits per heavy atom. The van der Waals surface area contributed by atoms with Gasteiger partial charge in [0.2, 0.25) is 5.91 Å². The van der Waals surface area contributed by atoms with E-state index in [0.29, 0.717) is 5.92 Å². The van der Waals surface area contributed by atoms with Crippen molar-refractivity contribution in [3.8, 4) is 0 Å². The first-order valence-electron chi connectivity index (χ1n) is 13.3. The van der Waals surface area contributed by atoms with Gasteiger partial charge in [-0.15, -0.1) is 0 Å². The third kappa shape index (κ3) is 7.92. The van der Waals surface area contributed by atoms with Crippen molar-refractivity contribution < 1.29 is 9.59 Å². The van der Waals surface area contributed by atoms with Crippen LogP contribution in [0.3, 0.4) is 0 Å². The van der Waals surface area contributed by atoms with E-state index in [9.17, 15) is 9.59 Å². The zero-order valence-corrected chi connectivity index (χ0v) is 21.8. The van der Waals surface area contributed by atoms with Gasteiger partial charge in [0.25, 0.3) is 0 Å². The van der Waals surface area contributed by atoms with Gasteiger partial charge >= 0.3 is 6.03 Å². The molecule has 1 aliphatic rings. The number of amides is 3. The molecule has 194 valence electrons. The van der Waals surface area contributed by atoms with Crippen LogP contribution in [0.1, 0.15) is 56.2 Å². The number of urea groups is 1. The third-order valence-corrected chi connectivity index (χ3v) is 7.01. The van der Waals surface area contributed by atoms with E-state index in [1.807, 2.05) is 74.5 Å². The van der Waals surface area contributed by atoms with Crippen LogP contribution in [-0.2, 0) is 4.79 Å². The lowest BCUT2D eigenvalue weighted by Crippen LogP contribution is -2.37. The molecule has 0 radical (unpaired) electrons. The Hall–Kier alpha value is -3.64. The summed E-state index contributed by atoms with van der Waals surface area (Å²) in [6.45, 7) is 6.77. The number of nitrogens with zero attached hydrogens (tertiary/aromatic N) is 1. The first-order chi connectivity index (χ1) is 18.0. The number of hydrogen-bond donors (Lipinski definition) is 3. The molecule has 3 amide bonds. The number of rotatable bonds is 9. The molecule has 0 aromatic heterocycles. The predicted molar refractivity (Wildman–Crippen MR) is 151 cm³/mol. The Balaban J connectivity index is 1.30. The SMILES string of the molecule is CC(C)C(=O)Nc1cccc(C2CCN(CC[C@H](NC(=O)Nc3ccccc3)c3ccccc3)CC2)c1. The summed E-state index contributed by atoms with van der Waals surface area (Å²) in [5, 5.41) is 9.13. The molecule has 1 heterocycles. The standard InChI is InChI=1S/C31H38N4O2/c1-23(2)30(36)32-28-15-9-12-26(22-28)24-16-19-35(20-17-24)21-18-29(25-10-5-3-6-11-25)34-31(37)33-27-13-7-4-8-14-27/h3-15,22-24,29H,16-21H2,1-2H3,(H,32,36)(H2,33,34,37)/t29-/m0/s1. The number of benzene rings is 3. The highest BCUT2D eigenvalue weighted by molar-refractivity contribution is 5.92. The highest BCUT2D eigenvalue weighted by atomic mass is 16.2. The van der Waals surface area contributed by atoms with Gasteiger partial charge in [-0.1, -0.05) is 74.5 Å². The van der Waals surface area contributed by atoms with Crippen LogP contribution < -0.4 is 16.0 Å². The molecule has 1 aliphatic heterocycles. The number of hydrogen-bond acceptors (Lipinski definition) is 3. The molecule has 1 atom stereocenters. The molecule has 1 fully saturated rings. The van der Waals surface area contributed by atoms with Gasteiger partial charge in [0, 0.05) is 23.8 Å². The highest BCUT2D eigenvalue weighted by Gasteiger charge is 2.23. The topological polar surface area (TPSA) is 73.5 Å². The van der Waals surface area contributed by atoms with E-state index >= 15 is 0 Å². The van der Waals surface area contributed by atoms with Crippen molar-refractivity contribution in [2.45, 2.75) is 45.1 Å². The van der Waals surface area contributed by atoms with Gasteiger partial charge in [0.05, 0.1) is 6.04 Å². The Bertz CT molecular complexity index is 1140. The van der Waals surface area contributed by atoms with Gasteiger partial charge in [-0.05, 0) is 73.7 Å². The lowest BCUT2D eigenvalue weighted by molar-refractivity contribution is -0.118. The molecular weight excluding hydrogens is 460 g/mol. The quantitative estimate of drug-likeness (QED) is 0.319. The minimum Gasteiger partial charge on any atom is -0.331 e. The average molecular weight is 499 g/mol. The number of anilines is 2. The molecule has 0 saturated carbocycles. The van der Waals surface area contributed by atoms with Crippen molar-refractivity contribution in [1.29, 1.82) is 0 Å². The molecule has 3 aromatic carbocycles. The van der Waals surface area contributed by atoms with Gasteiger partial charge in [-0.3, -0.25) is 4.79 Å². The van der Waals surface area contributed by atoms with Crippen LogP contribution in [0.15, 0.2) is 84.9 Å². The van der Waals surface area contributed by atoms with Gasteiger partial charge in [0.1, 0.15) is 0 Å². The molecule has 1 saturated heterocycles. The molecular formula is C31H38N4O2. The summed E-state index contributed by atoms with van der Waals surface area (Å²) in [5.41, 5.74) is 4.06. The largest absolute Gasteiger partial charge is 0.331 e. The summed E-state index contributed by atoms with van der Waals surface area (Å²) in [5.74, 6) is 0.503. The Morgan fingerprint density at radius 1 is 0.838 bits per heavy atom. The molecule has 0 aliphatic carbocycles. The smallest absolute Gasteiger partial charge is 0.319 e. The zero-order valence-electron chi connectivity index (χ0n) is 21.8. The fourth-order valence-electron chi connectivity index (χ4n) is 4.81. The minimum atomic E-state index is -0.191. The third-order valence-electron chi connectivity index (χ3n) is 7.01. The lowest BCUT2D eigenvalue weighted by atomic mass is 9.89. The van der Waals surface area contributed by atoms with Crippen LogP contribution in [0.5, 0.6) is 0 Å². The second-order valence-electron chi connectivity index (χ2n) is 10.1. The maximum absolute atomic E-state index is 12.7. The minimum absolute atomic E-state index is 0.0366. The monoisotopic (exact) mass is 498 g/mol. The van der Waals surface area contributed by atoms with Crippen molar-refractivity contribution in [3.05, 3.63) is 96.1 Å². The molecule has 37 heavy (non-hydrogen) atoms. The highest BCUT2D eigenvalue weighted by Crippen LogP contribution is 2.30. The fourth-order valence-corrected chi connectivity index (χ4v) is 4.81. The van der Waals surface area contributed by atoms with Crippen LogP contribution in [0.4, 0.5) is 16.2 Å². The van der Waals surface area contributed by atoms with Crippen molar-refractivity contribution >= 4 is 23.3 Å². The molecule has 4 rings (SSSR count). The molecule has 3 N–H and O–H groups in total. The van der Waals surface area contributed by atoms with Crippen LogP contribution >= 0.6 is 0 Å². The van der Waals surface area contributed by atoms with Crippen LogP contribution in [0, 0.1) is 5.92 Å². The van der Waals surface area contributed by atoms with E-state index < -0.39 is 0 Å². The number of carbonyl (C=O) groups excluding carboxylic acids is 2. The number of para-hydroxylation sites is 1. The van der Waals surface area contributed by atoms with Gasteiger partial charge in [-0.2, -0.15) is 0 Å². The Kier molecular flexibility index (Phi) is 9.33. The van der Waals surface area contributed by atoms with E-state index in [-0.39, 0.29) is 23.9 Å². The first kappa shape index (κ1) is 26.4. The molecule has 0 spiro atoms. The molecule has 6 nitrogen and oxygen atoms in total. The summed E-state index contributed by atoms with van der Waals surface area (Å²) in [6, 6.07) is 27.7. The van der Waals surface area contributed by atoms with E-state index in [0.717, 1.165) is 55.8 Å². The van der Waals surface area contributed by atoms with Crippen molar-refractivity contribution in [2.24, 2.45) is 5.92 Å². The van der Waals surface area contributed by atoms with E-state index in [4.69, 9.17) is 0 Å². The zero-order chi connectivity index (χ0) is 26.0. The van der Waals surface area contributed by atoms with Crippen molar-refractivity contribution in [3.63, 3.8) is 0 Å². The second-order valence-corrected chi connectivity index (χ2v) is 10.1. The number of carbonyl (C=O) groups is 2. The van der Waals surface area contributed by atoms with E-state index in [1.54, 1.807) is 0 Å². The maximum Gasteiger partial charge on any atom is 0.319 e. The van der Waals surface area contributed by atoms with E-state index in [1.165, 1.54) is 5.56 Å². The fraction of sp³-hybridized carbons (Fsp3) is 0.355. The van der Waals surface area contributed by atoms with Crippen molar-refractivity contribution in [1.82, 2.24) is 10.2 Å². The van der Waals surface area contributed by atoms with Gasteiger partial charge < -0.3 is 20.9 Å². The number of piperidine rings is 1. The van der Waals surface area contributed by atoms with Crippen LogP contribution in [0.25, 0.3) is 0 Å². The van der Waals surface area contributed by atoms with Gasteiger partial charge in [-0.25, -0.2) is 4.79 Å². The summed E-state index contributed by atoms with van der Waals surface area (Å²) in [4.78, 5) is 27.3. The Morgan fingerprint density at radius 3 is 2.16 bits per heavy atom. The van der Waals surface area contributed by atoms with Crippen molar-refractivity contribution in [2.75, 3.05) is 30.3 Å². The summed E-state index contributed by atoms with van der Waals surface area (Å²) in [6.07, 6.45) is 3.01. The normalized spacial score (nSPS) is 15.2. The average Bonchev–Trinajstić information content (AvgIpc) is 2.92. The summed E-state index contributed by atoms with van der Waals surface area (Å²) < 4.78 is 0. The Labute approximate surface area is 220 Å². The number of nitrogens with one attached hydrogen (secondary N) is 3. The summed E-state index contributed by atoms with van der Waals surface area (Å²) in [7, 11) is 0. The molecule has 0 unspecified atom stereocenters. The molecule has 0 bridgehead atoms. The second kappa shape index (κ2) is 13.1. The van der Waals surface area contributed by atoms with Crippen LogP contribution in [0.2, 0.25) is 0 Å². The predicted octanol–water partition coefficient (Wildman–Crippen LogP) is 6.41.